The van der Waals surface area contributed by atoms with Crippen LogP contribution in [0.25, 0.3) is 0 Å². The van der Waals surface area contributed by atoms with Gasteiger partial charge in [0.25, 0.3) is 0 Å². The largest absolute Gasteiger partial charge is 0.341 e. The Balaban J connectivity index is 2.47. The van der Waals surface area contributed by atoms with Gasteiger partial charge in [-0.25, -0.2) is 4.79 Å². The van der Waals surface area contributed by atoms with Crippen LogP contribution < -0.4 is 11.1 Å². The van der Waals surface area contributed by atoms with E-state index in [-0.39, 0.29) is 12.1 Å². The molecule has 0 aromatic carbocycles. The van der Waals surface area contributed by atoms with Gasteiger partial charge in [-0.05, 0) is 14.1 Å². The highest BCUT2D eigenvalue weighted by atomic mass is 16.2. The molecule has 0 aromatic rings. The fourth-order valence-corrected chi connectivity index (χ4v) is 1.88. The van der Waals surface area contributed by atoms with Crippen molar-refractivity contribution in [3.63, 3.8) is 0 Å². The predicted molar refractivity (Wildman–Crippen MR) is 56.0 cm³/mol. The predicted octanol–water partition coefficient (Wildman–Crippen LogP) is -0.853. The molecule has 5 nitrogen and oxygen atoms in total. The van der Waals surface area contributed by atoms with E-state index >= 15 is 0 Å². The van der Waals surface area contributed by atoms with Gasteiger partial charge in [0, 0.05) is 38.6 Å². The van der Waals surface area contributed by atoms with Crippen LogP contribution in [0.3, 0.4) is 0 Å². The van der Waals surface area contributed by atoms with Crippen molar-refractivity contribution in [2.45, 2.75) is 6.04 Å². The molecule has 0 aromatic heterocycles. The van der Waals surface area contributed by atoms with Crippen LogP contribution in [0, 0.1) is 5.92 Å². The number of likely N-dealkylation sites (tertiary alicyclic amines) is 1. The summed E-state index contributed by atoms with van der Waals surface area (Å²) in [7, 11) is 5.69. The molecule has 82 valence electrons. The molecule has 0 bridgehead atoms. The molecule has 3 N–H and O–H groups in total. The van der Waals surface area contributed by atoms with E-state index in [1.165, 1.54) is 0 Å². The SMILES string of the molecule is CNC(=O)N1CC(N)C(CN(C)C)C1. The molecule has 0 saturated carbocycles. The number of hydrogen-bond acceptors (Lipinski definition) is 3. The number of nitrogens with zero attached hydrogens (tertiary/aromatic N) is 2. The fourth-order valence-electron chi connectivity index (χ4n) is 1.88. The zero-order valence-corrected chi connectivity index (χ0v) is 9.16. The molecule has 1 rings (SSSR count). The van der Waals surface area contributed by atoms with Crippen LogP contribution in [0.4, 0.5) is 4.79 Å². The number of nitrogens with two attached hydrogens (primary N) is 1. The molecule has 1 heterocycles. The second kappa shape index (κ2) is 4.61. The number of nitrogens with one attached hydrogen (secondary N) is 1. The number of hydrogen-bond donors (Lipinski definition) is 2. The molecule has 0 radical (unpaired) electrons. The first kappa shape index (κ1) is 11.3. The van der Waals surface area contributed by atoms with E-state index in [0.29, 0.717) is 12.5 Å². The minimum absolute atomic E-state index is 0.0262. The second-order valence-electron chi connectivity index (χ2n) is 4.15. The minimum Gasteiger partial charge on any atom is -0.341 e. The lowest BCUT2D eigenvalue weighted by molar-refractivity contribution is 0.207. The first-order valence-electron chi connectivity index (χ1n) is 4.91. The van der Waals surface area contributed by atoms with Gasteiger partial charge in [0.1, 0.15) is 0 Å². The first-order chi connectivity index (χ1) is 6.54. The van der Waals surface area contributed by atoms with Gasteiger partial charge in [-0.1, -0.05) is 0 Å². The quantitative estimate of drug-likeness (QED) is 0.610. The Morgan fingerprint density at radius 2 is 2.21 bits per heavy atom. The van der Waals surface area contributed by atoms with Gasteiger partial charge in [0.15, 0.2) is 0 Å². The van der Waals surface area contributed by atoms with Crippen molar-refractivity contribution in [1.29, 1.82) is 0 Å². The van der Waals surface area contributed by atoms with Gasteiger partial charge in [-0.3, -0.25) is 0 Å². The van der Waals surface area contributed by atoms with Gasteiger partial charge in [-0.2, -0.15) is 0 Å². The Morgan fingerprint density at radius 1 is 1.57 bits per heavy atom. The topological polar surface area (TPSA) is 61.6 Å². The molecule has 1 saturated heterocycles. The maximum atomic E-state index is 11.3. The lowest BCUT2D eigenvalue weighted by Gasteiger charge is -2.18. The lowest BCUT2D eigenvalue weighted by atomic mass is 10.0. The standard InChI is InChI=1S/C9H20N4O/c1-11-9(14)13-5-7(4-12(2)3)8(10)6-13/h7-8H,4-6,10H2,1-3H3,(H,11,14). The molecule has 0 spiro atoms. The van der Waals surface area contributed by atoms with Crippen LogP contribution in [-0.2, 0) is 0 Å². The molecule has 1 fully saturated rings. The van der Waals surface area contributed by atoms with E-state index in [4.69, 9.17) is 5.73 Å². The normalized spacial score (nSPS) is 27.1. The Bertz CT molecular complexity index is 207. The fraction of sp³-hybridized carbons (Fsp3) is 0.889. The average molecular weight is 200 g/mol. The number of urea groups is 1. The van der Waals surface area contributed by atoms with Gasteiger partial charge < -0.3 is 20.9 Å². The summed E-state index contributed by atoms with van der Waals surface area (Å²) in [5.41, 5.74) is 5.96. The van der Waals surface area contributed by atoms with Gasteiger partial charge in [0.05, 0.1) is 0 Å². The summed E-state index contributed by atoms with van der Waals surface area (Å²) in [5, 5.41) is 2.62. The monoisotopic (exact) mass is 200 g/mol. The first-order valence-corrected chi connectivity index (χ1v) is 4.91. The number of amides is 2. The zero-order chi connectivity index (χ0) is 10.7. The third kappa shape index (κ3) is 2.59. The Morgan fingerprint density at radius 3 is 2.71 bits per heavy atom. The van der Waals surface area contributed by atoms with Crippen molar-refractivity contribution < 1.29 is 4.79 Å². The van der Waals surface area contributed by atoms with E-state index in [2.05, 4.69) is 10.2 Å². The highest BCUT2D eigenvalue weighted by Gasteiger charge is 2.32. The van der Waals surface area contributed by atoms with Crippen LogP contribution in [0.5, 0.6) is 0 Å². The molecular formula is C9H20N4O. The zero-order valence-electron chi connectivity index (χ0n) is 9.16. The second-order valence-corrected chi connectivity index (χ2v) is 4.15. The van der Waals surface area contributed by atoms with Crippen molar-refractivity contribution in [3.05, 3.63) is 0 Å². The van der Waals surface area contributed by atoms with Crippen molar-refractivity contribution in [2.75, 3.05) is 40.8 Å². The van der Waals surface area contributed by atoms with Crippen molar-refractivity contribution in [3.8, 4) is 0 Å². The van der Waals surface area contributed by atoms with E-state index in [1.807, 2.05) is 14.1 Å². The third-order valence-electron chi connectivity index (χ3n) is 2.59. The van der Waals surface area contributed by atoms with Crippen LogP contribution in [0.1, 0.15) is 0 Å². The molecular weight excluding hydrogens is 180 g/mol. The average Bonchev–Trinajstić information content (AvgIpc) is 2.46. The molecule has 1 aliphatic heterocycles. The summed E-state index contributed by atoms with van der Waals surface area (Å²) in [5.74, 6) is 0.391. The van der Waals surface area contributed by atoms with Crippen LogP contribution in [-0.4, -0.2) is 62.7 Å². The van der Waals surface area contributed by atoms with E-state index in [9.17, 15) is 4.79 Å². The van der Waals surface area contributed by atoms with E-state index in [0.717, 1.165) is 13.1 Å². The summed E-state index contributed by atoms with van der Waals surface area (Å²) >= 11 is 0. The van der Waals surface area contributed by atoms with Crippen LogP contribution in [0.2, 0.25) is 0 Å². The summed E-state index contributed by atoms with van der Waals surface area (Å²) < 4.78 is 0. The Hall–Kier alpha value is -0.810. The molecule has 5 heteroatoms. The Kier molecular flexibility index (Phi) is 3.71. The van der Waals surface area contributed by atoms with Crippen LogP contribution in [0.15, 0.2) is 0 Å². The van der Waals surface area contributed by atoms with E-state index < -0.39 is 0 Å². The smallest absolute Gasteiger partial charge is 0.317 e. The summed E-state index contributed by atoms with van der Waals surface area (Å²) in [4.78, 5) is 15.2. The summed E-state index contributed by atoms with van der Waals surface area (Å²) in [6.07, 6.45) is 0. The van der Waals surface area contributed by atoms with Gasteiger partial charge in [-0.15, -0.1) is 0 Å². The third-order valence-corrected chi connectivity index (χ3v) is 2.59. The highest BCUT2D eigenvalue weighted by molar-refractivity contribution is 5.74. The molecule has 0 aliphatic carbocycles. The molecule has 2 atom stereocenters. The van der Waals surface area contributed by atoms with E-state index in [1.54, 1.807) is 11.9 Å². The summed E-state index contributed by atoms with van der Waals surface area (Å²) in [6.45, 7) is 2.37. The van der Waals surface area contributed by atoms with Crippen molar-refractivity contribution >= 4 is 6.03 Å². The molecule has 2 unspecified atom stereocenters. The maximum Gasteiger partial charge on any atom is 0.317 e. The minimum atomic E-state index is -0.0262. The summed E-state index contributed by atoms with van der Waals surface area (Å²) in [6, 6.07) is 0.0800. The van der Waals surface area contributed by atoms with Gasteiger partial charge in [0.2, 0.25) is 0 Å². The van der Waals surface area contributed by atoms with Crippen molar-refractivity contribution in [1.82, 2.24) is 15.1 Å². The number of carbonyl (C=O) groups excluding carboxylic acids is 1. The highest BCUT2D eigenvalue weighted by Crippen LogP contribution is 2.15. The van der Waals surface area contributed by atoms with Gasteiger partial charge >= 0.3 is 6.03 Å². The molecule has 2 amide bonds. The molecule has 14 heavy (non-hydrogen) atoms. The van der Waals surface area contributed by atoms with Crippen molar-refractivity contribution in [2.24, 2.45) is 11.7 Å². The maximum absolute atomic E-state index is 11.3. The van der Waals surface area contributed by atoms with Crippen LogP contribution >= 0.6 is 0 Å². The number of carbonyl (C=O) groups is 1. The lowest BCUT2D eigenvalue weighted by Crippen LogP contribution is -2.37. The molecule has 1 aliphatic rings. The Labute approximate surface area is 85.2 Å². The number of rotatable bonds is 2.